The van der Waals surface area contributed by atoms with Crippen LogP contribution in [-0.2, 0) is 11.2 Å². The number of carbonyl (C=O) groups excluding carboxylic acids is 1. The van der Waals surface area contributed by atoms with Gasteiger partial charge in [0, 0.05) is 0 Å². The summed E-state index contributed by atoms with van der Waals surface area (Å²) in [6, 6.07) is 3.67. The first-order chi connectivity index (χ1) is 7.33. The summed E-state index contributed by atoms with van der Waals surface area (Å²) in [5, 5.41) is 0. The number of esters is 1. The van der Waals surface area contributed by atoms with Gasteiger partial charge in [0.1, 0.15) is 7.85 Å². The molecule has 0 saturated heterocycles. The van der Waals surface area contributed by atoms with Gasteiger partial charge in [-0.25, -0.2) is 4.79 Å². The van der Waals surface area contributed by atoms with Crippen molar-refractivity contribution < 1.29 is 22.7 Å². The average Bonchev–Trinajstić information content (AvgIpc) is 2.18. The van der Waals surface area contributed by atoms with E-state index < -0.39 is 18.6 Å². The summed E-state index contributed by atoms with van der Waals surface area (Å²) < 4.78 is 40.9. The fraction of sp³-hybridized carbons (Fsp3) is 0.300. The number of alkyl halides is 3. The summed E-state index contributed by atoms with van der Waals surface area (Å²) in [7, 11) is 6.54. The maximum Gasteiger partial charge on any atom is 0.393 e. The molecule has 0 unspecified atom stereocenters. The molecule has 0 aromatic heterocycles. The molecule has 0 fully saturated rings. The van der Waals surface area contributed by atoms with Crippen LogP contribution in [0.2, 0.25) is 0 Å². The minimum atomic E-state index is -4.36. The largest absolute Gasteiger partial charge is 0.465 e. The fourth-order valence-electron chi connectivity index (χ4n) is 1.22. The van der Waals surface area contributed by atoms with Crippen molar-refractivity contribution in [3.05, 3.63) is 29.3 Å². The lowest BCUT2D eigenvalue weighted by Crippen LogP contribution is -2.20. The van der Waals surface area contributed by atoms with Gasteiger partial charge in [0.15, 0.2) is 0 Å². The molecule has 0 N–H and O–H groups in total. The third-order valence-electron chi connectivity index (χ3n) is 1.95. The summed E-state index contributed by atoms with van der Waals surface area (Å²) in [4.78, 5) is 11.1. The number of benzene rings is 1. The second kappa shape index (κ2) is 4.59. The topological polar surface area (TPSA) is 26.3 Å². The Morgan fingerprint density at radius 1 is 1.44 bits per heavy atom. The van der Waals surface area contributed by atoms with Crippen LogP contribution < -0.4 is 5.46 Å². The number of carbonyl (C=O) groups is 1. The van der Waals surface area contributed by atoms with Gasteiger partial charge < -0.3 is 4.74 Å². The minimum Gasteiger partial charge on any atom is -0.465 e. The van der Waals surface area contributed by atoms with E-state index in [-0.39, 0.29) is 16.6 Å². The monoisotopic (exact) mass is 228 g/mol. The quantitative estimate of drug-likeness (QED) is 0.564. The van der Waals surface area contributed by atoms with Crippen molar-refractivity contribution in [3.63, 3.8) is 0 Å². The van der Waals surface area contributed by atoms with Gasteiger partial charge >= 0.3 is 12.1 Å². The van der Waals surface area contributed by atoms with Gasteiger partial charge in [0.25, 0.3) is 0 Å². The molecular formula is C10H8BF3O2. The van der Waals surface area contributed by atoms with E-state index in [9.17, 15) is 18.0 Å². The summed E-state index contributed by atoms with van der Waals surface area (Å²) in [5.41, 5.74) is -0.0728. The molecule has 16 heavy (non-hydrogen) atoms. The van der Waals surface area contributed by atoms with Gasteiger partial charge in [0.2, 0.25) is 0 Å². The summed E-state index contributed by atoms with van der Waals surface area (Å²) in [5.74, 6) is -0.691. The normalized spacial score (nSPS) is 11.2. The molecule has 2 nitrogen and oxygen atoms in total. The van der Waals surface area contributed by atoms with Crippen LogP contribution in [0.15, 0.2) is 18.2 Å². The molecule has 1 rings (SSSR count). The standard InChI is InChI=1S/C10H8BF3O2/c1-16-9(15)6-2-3-8(11)7(4-6)5-10(12,13)14/h2-4H,5H2,1H3. The van der Waals surface area contributed by atoms with Gasteiger partial charge in [-0.05, 0) is 17.7 Å². The molecule has 1 aromatic rings. The lowest BCUT2D eigenvalue weighted by Gasteiger charge is -2.10. The van der Waals surface area contributed by atoms with Crippen LogP contribution in [0.25, 0.3) is 0 Å². The molecule has 0 amide bonds. The van der Waals surface area contributed by atoms with E-state index in [1.54, 1.807) is 0 Å². The van der Waals surface area contributed by atoms with Crippen molar-refractivity contribution in [2.24, 2.45) is 0 Å². The Morgan fingerprint density at radius 2 is 2.06 bits per heavy atom. The smallest absolute Gasteiger partial charge is 0.393 e. The van der Waals surface area contributed by atoms with Gasteiger partial charge in [-0.2, -0.15) is 13.2 Å². The highest BCUT2D eigenvalue weighted by atomic mass is 19.4. The Balaban J connectivity index is 3.04. The number of ether oxygens (including phenoxy) is 1. The van der Waals surface area contributed by atoms with Crippen molar-refractivity contribution in [1.82, 2.24) is 0 Å². The molecule has 0 atom stereocenters. The molecule has 0 bridgehead atoms. The molecule has 0 saturated carbocycles. The van der Waals surface area contributed by atoms with Gasteiger partial charge in [-0.1, -0.05) is 11.5 Å². The highest BCUT2D eigenvalue weighted by Crippen LogP contribution is 2.20. The number of rotatable bonds is 2. The summed E-state index contributed by atoms with van der Waals surface area (Å²) in [6.07, 6.45) is -5.52. The molecule has 2 radical (unpaired) electrons. The number of methoxy groups -OCH3 is 1. The second-order valence-electron chi connectivity index (χ2n) is 3.20. The number of hydrogen-bond donors (Lipinski definition) is 0. The van der Waals surface area contributed by atoms with Crippen LogP contribution in [0.3, 0.4) is 0 Å². The average molecular weight is 228 g/mol. The van der Waals surface area contributed by atoms with Crippen LogP contribution in [0.4, 0.5) is 13.2 Å². The van der Waals surface area contributed by atoms with Crippen molar-refractivity contribution in [2.45, 2.75) is 12.6 Å². The van der Waals surface area contributed by atoms with Crippen molar-refractivity contribution in [2.75, 3.05) is 7.11 Å². The van der Waals surface area contributed by atoms with E-state index in [0.717, 1.165) is 13.2 Å². The van der Waals surface area contributed by atoms with Crippen molar-refractivity contribution >= 4 is 19.3 Å². The fourth-order valence-corrected chi connectivity index (χ4v) is 1.22. The highest BCUT2D eigenvalue weighted by Gasteiger charge is 2.28. The zero-order valence-electron chi connectivity index (χ0n) is 8.47. The van der Waals surface area contributed by atoms with E-state index in [2.05, 4.69) is 4.74 Å². The summed E-state index contributed by atoms with van der Waals surface area (Å²) >= 11 is 0. The van der Waals surface area contributed by atoms with Crippen LogP contribution in [0, 0.1) is 0 Å². The van der Waals surface area contributed by atoms with E-state index in [0.29, 0.717) is 0 Å². The van der Waals surface area contributed by atoms with E-state index in [1.165, 1.54) is 12.1 Å². The van der Waals surface area contributed by atoms with Gasteiger partial charge in [-0.15, -0.1) is 0 Å². The van der Waals surface area contributed by atoms with Crippen molar-refractivity contribution in [3.8, 4) is 0 Å². The molecule has 0 aliphatic carbocycles. The number of hydrogen-bond acceptors (Lipinski definition) is 2. The maximum atomic E-state index is 12.2. The Bertz CT molecular complexity index is 402. The predicted octanol–water partition coefficient (Wildman–Crippen LogP) is 1.37. The van der Waals surface area contributed by atoms with Gasteiger partial charge in [0.05, 0.1) is 19.1 Å². The first-order valence-electron chi connectivity index (χ1n) is 4.37. The minimum absolute atomic E-state index is 0.00461. The lowest BCUT2D eigenvalue weighted by atomic mass is 9.88. The zero-order chi connectivity index (χ0) is 12.3. The van der Waals surface area contributed by atoms with Gasteiger partial charge in [-0.3, -0.25) is 0 Å². The Kier molecular flexibility index (Phi) is 3.62. The van der Waals surface area contributed by atoms with Crippen LogP contribution >= 0.6 is 0 Å². The first kappa shape index (κ1) is 12.6. The third kappa shape index (κ3) is 3.29. The van der Waals surface area contributed by atoms with Crippen LogP contribution in [0.1, 0.15) is 15.9 Å². The predicted molar refractivity (Wildman–Crippen MR) is 52.9 cm³/mol. The molecular weight excluding hydrogens is 220 g/mol. The van der Waals surface area contributed by atoms with E-state index in [1.807, 2.05) is 0 Å². The Labute approximate surface area is 91.8 Å². The van der Waals surface area contributed by atoms with E-state index in [4.69, 9.17) is 7.85 Å². The molecule has 84 valence electrons. The zero-order valence-corrected chi connectivity index (χ0v) is 8.47. The lowest BCUT2D eigenvalue weighted by molar-refractivity contribution is -0.127. The third-order valence-corrected chi connectivity index (χ3v) is 1.95. The second-order valence-corrected chi connectivity index (χ2v) is 3.20. The van der Waals surface area contributed by atoms with Crippen LogP contribution in [0.5, 0.6) is 0 Å². The van der Waals surface area contributed by atoms with E-state index >= 15 is 0 Å². The highest BCUT2D eigenvalue weighted by molar-refractivity contribution is 6.33. The molecule has 0 aliphatic rings. The Morgan fingerprint density at radius 3 is 2.56 bits per heavy atom. The molecule has 0 heterocycles. The Hall–Kier alpha value is -1.46. The number of halogens is 3. The summed E-state index contributed by atoms with van der Waals surface area (Å²) in [6.45, 7) is 0. The van der Waals surface area contributed by atoms with Crippen LogP contribution in [-0.4, -0.2) is 27.1 Å². The van der Waals surface area contributed by atoms with Crippen molar-refractivity contribution in [1.29, 1.82) is 0 Å². The first-order valence-corrected chi connectivity index (χ1v) is 4.37. The SMILES string of the molecule is [B]c1ccc(C(=O)OC)cc1CC(F)(F)F. The molecule has 0 spiro atoms. The molecule has 0 aliphatic heterocycles. The molecule has 6 heteroatoms. The maximum absolute atomic E-state index is 12.2. The molecule has 1 aromatic carbocycles.